The Morgan fingerprint density at radius 2 is 2.00 bits per heavy atom. The van der Waals surface area contributed by atoms with Gasteiger partial charge < -0.3 is 10.3 Å². The predicted octanol–water partition coefficient (Wildman–Crippen LogP) is 3.78. The molecule has 3 rings (SSSR count). The summed E-state index contributed by atoms with van der Waals surface area (Å²) < 4.78 is 52.9. The van der Waals surface area contributed by atoms with Gasteiger partial charge in [-0.25, -0.2) is 14.4 Å². The summed E-state index contributed by atoms with van der Waals surface area (Å²) in [5.74, 6) is -1.10. The van der Waals surface area contributed by atoms with Crippen molar-refractivity contribution in [3.63, 3.8) is 0 Å². The van der Waals surface area contributed by atoms with Crippen LogP contribution in [0.1, 0.15) is 11.1 Å². The highest BCUT2D eigenvalue weighted by molar-refractivity contribution is 6.30. The largest absolute Gasteiger partial charge is 0.416 e. The van der Waals surface area contributed by atoms with Crippen LogP contribution in [0.25, 0.3) is 11.2 Å². The standard InChI is InChI=1S/C13H8ClF4N5/c14-8-2-1-7(13(16,17)18)6(10(8)15)3-19-12-20-4-9-11(23-12)22-5-21-9/h1-2,4-5H,3H2,(H2,19,20,21,22,23). The van der Waals surface area contributed by atoms with Gasteiger partial charge in [0.25, 0.3) is 0 Å². The normalized spacial score (nSPS) is 11.9. The Kier molecular flexibility index (Phi) is 3.80. The highest BCUT2D eigenvalue weighted by atomic mass is 35.5. The third kappa shape index (κ3) is 3.04. The number of nitrogens with zero attached hydrogens (tertiary/aromatic N) is 3. The molecule has 0 aliphatic carbocycles. The molecule has 2 N–H and O–H groups in total. The van der Waals surface area contributed by atoms with Gasteiger partial charge in [-0.2, -0.15) is 18.2 Å². The summed E-state index contributed by atoms with van der Waals surface area (Å²) in [5, 5.41) is 2.16. The smallest absolute Gasteiger partial charge is 0.350 e. The molecule has 0 radical (unpaired) electrons. The van der Waals surface area contributed by atoms with Crippen LogP contribution < -0.4 is 5.32 Å². The third-order valence-corrected chi connectivity index (χ3v) is 3.39. The first kappa shape index (κ1) is 15.5. The summed E-state index contributed by atoms with van der Waals surface area (Å²) in [6.45, 7) is -0.475. The van der Waals surface area contributed by atoms with E-state index in [1.165, 1.54) is 12.5 Å². The molecule has 0 spiro atoms. The van der Waals surface area contributed by atoms with Gasteiger partial charge in [-0.1, -0.05) is 11.6 Å². The van der Waals surface area contributed by atoms with Crippen LogP contribution in [0.2, 0.25) is 5.02 Å². The first-order valence-electron chi connectivity index (χ1n) is 6.30. The molecule has 10 heteroatoms. The van der Waals surface area contributed by atoms with E-state index in [0.29, 0.717) is 11.2 Å². The quantitative estimate of drug-likeness (QED) is 0.709. The van der Waals surface area contributed by atoms with E-state index in [2.05, 4.69) is 25.3 Å². The van der Waals surface area contributed by atoms with Gasteiger partial charge in [0.15, 0.2) is 5.65 Å². The molecule has 0 aliphatic heterocycles. The minimum Gasteiger partial charge on any atom is -0.350 e. The lowest BCUT2D eigenvalue weighted by atomic mass is 10.1. The zero-order valence-corrected chi connectivity index (χ0v) is 12.0. The molecule has 1 aromatic carbocycles. The van der Waals surface area contributed by atoms with E-state index in [9.17, 15) is 17.6 Å². The van der Waals surface area contributed by atoms with Crippen LogP contribution in [0.5, 0.6) is 0 Å². The first-order valence-corrected chi connectivity index (χ1v) is 6.68. The molecular weight excluding hydrogens is 338 g/mol. The number of benzene rings is 1. The molecule has 0 atom stereocenters. The maximum Gasteiger partial charge on any atom is 0.416 e. The zero-order valence-electron chi connectivity index (χ0n) is 11.2. The topological polar surface area (TPSA) is 66.5 Å². The Balaban J connectivity index is 1.91. The van der Waals surface area contributed by atoms with E-state index in [4.69, 9.17) is 11.6 Å². The Morgan fingerprint density at radius 3 is 2.74 bits per heavy atom. The minimum absolute atomic E-state index is 0.0251. The monoisotopic (exact) mass is 345 g/mol. The molecule has 120 valence electrons. The van der Waals surface area contributed by atoms with E-state index in [1.807, 2.05) is 0 Å². The van der Waals surface area contributed by atoms with Crippen LogP contribution >= 0.6 is 11.6 Å². The average Bonchev–Trinajstić information content (AvgIpc) is 2.95. The van der Waals surface area contributed by atoms with Crippen molar-refractivity contribution in [2.75, 3.05) is 5.32 Å². The number of alkyl halides is 3. The van der Waals surface area contributed by atoms with Crippen molar-refractivity contribution >= 4 is 28.7 Å². The maximum absolute atomic E-state index is 14.0. The minimum atomic E-state index is -4.70. The SMILES string of the molecule is Fc1c(Cl)ccc(C(F)(F)F)c1CNc1ncc2[nH]cnc2n1. The molecule has 0 amide bonds. The number of nitrogens with one attached hydrogen (secondary N) is 2. The number of H-pyrrole nitrogens is 1. The van der Waals surface area contributed by atoms with E-state index in [0.717, 1.165) is 12.1 Å². The van der Waals surface area contributed by atoms with E-state index < -0.39 is 34.7 Å². The second-order valence-corrected chi connectivity index (χ2v) is 4.98. The van der Waals surface area contributed by atoms with Crippen LogP contribution in [0.4, 0.5) is 23.5 Å². The molecule has 3 aromatic rings. The second-order valence-electron chi connectivity index (χ2n) is 4.57. The first-order chi connectivity index (χ1) is 10.9. The molecular formula is C13H8ClF4N5. The Hall–Kier alpha value is -2.42. The number of aromatic nitrogens is 4. The van der Waals surface area contributed by atoms with Crippen LogP contribution in [0.15, 0.2) is 24.7 Å². The van der Waals surface area contributed by atoms with Crippen molar-refractivity contribution in [1.29, 1.82) is 0 Å². The van der Waals surface area contributed by atoms with Crippen molar-refractivity contribution in [2.24, 2.45) is 0 Å². The van der Waals surface area contributed by atoms with Crippen molar-refractivity contribution in [3.05, 3.63) is 46.6 Å². The van der Waals surface area contributed by atoms with Crippen molar-refractivity contribution in [1.82, 2.24) is 19.9 Å². The van der Waals surface area contributed by atoms with Crippen LogP contribution in [-0.4, -0.2) is 19.9 Å². The van der Waals surface area contributed by atoms with E-state index in [1.54, 1.807) is 0 Å². The molecule has 0 saturated heterocycles. The fraction of sp³-hybridized carbons (Fsp3) is 0.154. The number of fused-ring (bicyclic) bond motifs is 1. The lowest BCUT2D eigenvalue weighted by Crippen LogP contribution is -2.14. The highest BCUT2D eigenvalue weighted by Crippen LogP contribution is 2.35. The van der Waals surface area contributed by atoms with Crippen molar-refractivity contribution in [3.8, 4) is 0 Å². The molecule has 0 aliphatic rings. The Morgan fingerprint density at radius 1 is 1.22 bits per heavy atom. The summed E-state index contributed by atoms with van der Waals surface area (Å²) >= 11 is 5.57. The summed E-state index contributed by atoms with van der Waals surface area (Å²) in [4.78, 5) is 14.6. The van der Waals surface area contributed by atoms with E-state index >= 15 is 0 Å². The van der Waals surface area contributed by atoms with Gasteiger partial charge >= 0.3 is 6.18 Å². The predicted molar refractivity (Wildman–Crippen MR) is 75.4 cm³/mol. The lowest BCUT2D eigenvalue weighted by Gasteiger charge is -2.15. The average molecular weight is 346 g/mol. The molecule has 2 heterocycles. The second kappa shape index (κ2) is 5.65. The maximum atomic E-state index is 14.0. The number of halogens is 5. The van der Waals surface area contributed by atoms with Gasteiger partial charge in [0, 0.05) is 12.1 Å². The van der Waals surface area contributed by atoms with Gasteiger partial charge in [-0.15, -0.1) is 0 Å². The summed E-state index contributed by atoms with van der Waals surface area (Å²) in [6.07, 6.45) is -1.88. The number of aromatic amines is 1. The van der Waals surface area contributed by atoms with Crippen LogP contribution in [0.3, 0.4) is 0 Å². The molecule has 0 bridgehead atoms. The van der Waals surface area contributed by atoms with Gasteiger partial charge in [0.1, 0.15) is 11.3 Å². The zero-order chi connectivity index (χ0) is 16.6. The van der Waals surface area contributed by atoms with Gasteiger partial charge in [0.05, 0.1) is 23.1 Å². The molecule has 0 unspecified atom stereocenters. The van der Waals surface area contributed by atoms with Gasteiger partial charge in [-0.05, 0) is 12.1 Å². The molecule has 2 aromatic heterocycles. The van der Waals surface area contributed by atoms with Crippen molar-refractivity contribution in [2.45, 2.75) is 12.7 Å². The number of hydrogen-bond acceptors (Lipinski definition) is 4. The number of rotatable bonds is 3. The number of imidazole rings is 1. The summed E-state index contributed by atoms with van der Waals surface area (Å²) in [6, 6.07) is 1.61. The van der Waals surface area contributed by atoms with E-state index in [-0.39, 0.29) is 5.95 Å². The summed E-state index contributed by atoms with van der Waals surface area (Å²) in [7, 11) is 0. The Labute approximate surface area is 131 Å². The fourth-order valence-electron chi connectivity index (χ4n) is 2.02. The highest BCUT2D eigenvalue weighted by Gasteiger charge is 2.35. The molecule has 0 saturated carbocycles. The van der Waals surface area contributed by atoms with Gasteiger partial charge in [0.2, 0.25) is 5.95 Å². The van der Waals surface area contributed by atoms with Crippen molar-refractivity contribution < 1.29 is 17.6 Å². The van der Waals surface area contributed by atoms with Crippen LogP contribution in [-0.2, 0) is 12.7 Å². The number of anilines is 1. The fourth-order valence-corrected chi connectivity index (χ4v) is 2.20. The number of hydrogen-bond donors (Lipinski definition) is 2. The van der Waals surface area contributed by atoms with Gasteiger partial charge in [-0.3, -0.25) is 0 Å². The third-order valence-electron chi connectivity index (χ3n) is 3.10. The van der Waals surface area contributed by atoms with Crippen LogP contribution in [0, 0.1) is 5.82 Å². The molecule has 0 fully saturated rings. The molecule has 5 nitrogen and oxygen atoms in total. The Bertz CT molecular complexity index is 861. The molecule has 23 heavy (non-hydrogen) atoms. The summed E-state index contributed by atoms with van der Waals surface area (Å²) in [5.41, 5.74) is -0.797. The lowest BCUT2D eigenvalue weighted by molar-refractivity contribution is -0.138.